The monoisotopic (exact) mass is 448 g/mol. The van der Waals surface area contributed by atoms with E-state index in [1.807, 2.05) is 25.7 Å². The number of ether oxygens (including phenoxy) is 2. The molecule has 32 heavy (non-hydrogen) atoms. The summed E-state index contributed by atoms with van der Waals surface area (Å²) in [5.74, 6) is 0. The van der Waals surface area contributed by atoms with Gasteiger partial charge in [0.2, 0.25) is 0 Å². The lowest BCUT2D eigenvalue weighted by Crippen LogP contribution is -2.58. The Morgan fingerprint density at radius 3 is 2.22 bits per heavy atom. The number of rotatable bonds is 3. The average Bonchev–Trinajstić information content (AvgIpc) is 3.37. The quantitative estimate of drug-likeness (QED) is 0.533. The minimum atomic E-state index is -0.753. The maximum absolute atomic E-state index is 12.6. The molecule has 1 heterocycles. The molecule has 1 spiro atoms. The molecule has 0 unspecified atom stereocenters. The zero-order chi connectivity index (χ0) is 23.9. The number of nitro benzene ring substituents is 1. The van der Waals surface area contributed by atoms with E-state index in [0.29, 0.717) is 25.3 Å². The Morgan fingerprint density at radius 1 is 1.06 bits per heavy atom. The number of hydrogen-bond donors (Lipinski definition) is 1. The van der Waals surface area contributed by atoms with Gasteiger partial charge in [-0.25, -0.2) is 9.59 Å². The van der Waals surface area contributed by atoms with Crippen LogP contribution in [0.4, 0.5) is 26.7 Å². The number of piperazine rings is 1. The predicted molar refractivity (Wildman–Crippen MR) is 120 cm³/mol. The van der Waals surface area contributed by atoms with Gasteiger partial charge < -0.3 is 14.4 Å². The second-order valence-electron chi connectivity index (χ2n) is 10.4. The maximum Gasteiger partial charge on any atom is 0.412 e. The van der Waals surface area contributed by atoms with Crippen LogP contribution in [0, 0.1) is 10.1 Å². The van der Waals surface area contributed by atoms with E-state index in [0.717, 1.165) is 12.8 Å². The molecule has 0 radical (unpaired) electrons. The molecule has 1 aromatic carbocycles. The fraction of sp³-hybridized carbons (Fsp3) is 0.636. The lowest BCUT2D eigenvalue weighted by molar-refractivity contribution is -0.383. The van der Waals surface area contributed by atoms with Crippen LogP contribution in [-0.4, -0.2) is 58.4 Å². The molecule has 2 fully saturated rings. The molecule has 2 amide bonds. The Hall–Kier alpha value is -3.04. The van der Waals surface area contributed by atoms with Gasteiger partial charge in [-0.15, -0.1) is 0 Å². The Balaban J connectivity index is 1.75. The topological polar surface area (TPSA) is 114 Å². The SMILES string of the molecule is CC(C)(C)OC(=O)Nc1ccc(N2CCN(C(=O)OC(C)(C)C)C3(CC3)C2)cc1[N+](=O)[O-]. The van der Waals surface area contributed by atoms with Crippen molar-refractivity contribution in [3.05, 3.63) is 28.3 Å². The van der Waals surface area contributed by atoms with E-state index in [4.69, 9.17) is 9.47 Å². The molecule has 1 aliphatic carbocycles. The minimum absolute atomic E-state index is 0.0709. The first-order chi connectivity index (χ1) is 14.7. The Morgan fingerprint density at radius 2 is 1.69 bits per heavy atom. The van der Waals surface area contributed by atoms with Crippen LogP contribution in [0.25, 0.3) is 0 Å². The summed E-state index contributed by atoms with van der Waals surface area (Å²) in [6.07, 6.45) is 0.653. The van der Waals surface area contributed by atoms with Crippen molar-refractivity contribution in [3.63, 3.8) is 0 Å². The van der Waals surface area contributed by atoms with Gasteiger partial charge in [-0.05, 0) is 66.5 Å². The summed E-state index contributed by atoms with van der Waals surface area (Å²) in [5, 5.41) is 14.1. The summed E-state index contributed by atoms with van der Waals surface area (Å²) in [5.41, 5.74) is -1.06. The van der Waals surface area contributed by atoms with Crippen LogP contribution >= 0.6 is 0 Å². The molecule has 0 bridgehead atoms. The molecule has 3 rings (SSSR count). The third-order valence-corrected chi connectivity index (χ3v) is 5.27. The molecule has 1 aliphatic heterocycles. The molecular weight excluding hydrogens is 416 g/mol. The summed E-state index contributed by atoms with van der Waals surface area (Å²) < 4.78 is 10.8. The van der Waals surface area contributed by atoms with Gasteiger partial charge in [0, 0.05) is 31.4 Å². The summed E-state index contributed by atoms with van der Waals surface area (Å²) in [7, 11) is 0. The second kappa shape index (κ2) is 8.14. The molecule has 0 aromatic heterocycles. The highest BCUT2D eigenvalue weighted by Crippen LogP contribution is 2.46. The number of benzene rings is 1. The third kappa shape index (κ3) is 5.60. The predicted octanol–water partition coefficient (Wildman–Crippen LogP) is 4.53. The highest BCUT2D eigenvalue weighted by Gasteiger charge is 2.54. The molecule has 1 aromatic rings. The van der Waals surface area contributed by atoms with E-state index >= 15 is 0 Å². The number of nitrogens with one attached hydrogen (secondary N) is 1. The van der Waals surface area contributed by atoms with Crippen molar-refractivity contribution in [2.75, 3.05) is 29.9 Å². The molecule has 176 valence electrons. The maximum atomic E-state index is 12.6. The van der Waals surface area contributed by atoms with E-state index in [1.54, 1.807) is 31.7 Å². The lowest BCUT2D eigenvalue weighted by atomic mass is 10.1. The molecule has 10 heteroatoms. The molecule has 2 aliphatic rings. The fourth-order valence-electron chi connectivity index (χ4n) is 3.76. The Bertz CT molecular complexity index is 914. The highest BCUT2D eigenvalue weighted by molar-refractivity contribution is 5.89. The first kappa shape index (κ1) is 23.6. The normalized spacial score (nSPS) is 17.7. The van der Waals surface area contributed by atoms with Gasteiger partial charge in [0.05, 0.1) is 10.5 Å². The summed E-state index contributed by atoms with van der Waals surface area (Å²) in [6, 6.07) is 4.70. The zero-order valence-corrected chi connectivity index (χ0v) is 19.6. The van der Waals surface area contributed by atoms with Crippen LogP contribution in [0.3, 0.4) is 0 Å². The van der Waals surface area contributed by atoms with Crippen LogP contribution < -0.4 is 10.2 Å². The number of carbonyl (C=O) groups excluding carboxylic acids is 2. The second-order valence-corrected chi connectivity index (χ2v) is 10.4. The van der Waals surface area contributed by atoms with Gasteiger partial charge in [-0.1, -0.05) is 0 Å². The van der Waals surface area contributed by atoms with Gasteiger partial charge in [-0.2, -0.15) is 0 Å². The van der Waals surface area contributed by atoms with E-state index in [9.17, 15) is 19.7 Å². The molecule has 0 atom stereocenters. The van der Waals surface area contributed by atoms with Crippen LogP contribution in [0.15, 0.2) is 18.2 Å². The molecule has 10 nitrogen and oxygen atoms in total. The summed E-state index contributed by atoms with van der Waals surface area (Å²) in [4.78, 5) is 39.7. The lowest BCUT2D eigenvalue weighted by Gasteiger charge is -2.43. The number of hydrogen-bond acceptors (Lipinski definition) is 7. The van der Waals surface area contributed by atoms with Gasteiger partial charge in [0.1, 0.15) is 16.9 Å². The number of nitrogens with zero attached hydrogens (tertiary/aromatic N) is 3. The van der Waals surface area contributed by atoms with Crippen molar-refractivity contribution in [1.82, 2.24) is 4.90 Å². The van der Waals surface area contributed by atoms with Gasteiger partial charge in [0.15, 0.2) is 0 Å². The summed E-state index contributed by atoms with van der Waals surface area (Å²) in [6.45, 7) is 12.2. The first-order valence-electron chi connectivity index (χ1n) is 10.7. The van der Waals surface area contributed by atoms with E-state index in [2.05, 4.69) is 5.32 Å². The zero-order valence-electron chi connectivity index (χ0n) is 19.6. The Kier molecular flexibility index (Phi) is 6.01. The van der Waals surface area contributed by atoms with E-state index in [1.165, 1.54) is 12.1 Å². The average molecular weight is 449 g/mol. The van der Waals surface area contributed by atoms with Crippen molar-refractivity contribution < 1.29 is 24.0 Å². The van der Waals surface area contributed by atoms with Crippen molar-refractivity contribution in [1.29, 1.82) is 0 Å². The third-order valence-electron chi connectivity index (χ3n) is 5.27. The van der Waals surface area contributed by atoms with Crippen molar-refractivity contribution in [2.45, 2.75) is 71.1 Å². The van der Waals surface area contributed by atoms with Crippen molar-refractivity contribution in [3.8, 4) is 0 Å². The van der Waals surface area contributed by atoms with Gasteiger partial charge in [0.25, 0.3) is 5.69 Å². The molecule has 1 saturated heterocycles. The number of anilines is 2. The first-order valence-corrected chi connectivity index (χ1v) is 10.7. The molecule has 1 N–H and O–H groups in total. The minimum Gasteiger partial charge on any atom is -0.444 e. The molecule has 1 saturated carbocycles. The van der Waals surface area contributed by atoms with Crippen LogP contribution in [-0.2, 0) is 9.47 Å². The number of carbonyl (C=O) groups is 2. The van der Waals surface area contributed by atoms with Crippen molar-refractivity contribution in [2.24, 2.45) is 0 Å². The van der Waals surface area contributed by atoms with Crippen LogP contribution in [0.2, 0.25) is 0 Å². The number of amides is 2. The standard InChI is InChI=1S/C22H32N4O6/c1-20(2,3)31-18(27)23-16-8-7-15(13-17(16)26(29)30)24-11-12-25(22(14-24)9-10-22)19(28)32-21(4,5)6/h7-8,13H,9-12,14H2,1-6H3,(H,23,27). The van der Waals surface area contributed by atoms with Gasteiger partial charge >= 0.3 is 12.2 Å². The van der Waals surface area contributed by atoms with Crippen molar-refractivity contribution >= 4 is 29.2 Å². The van der Waals surface area contributed by atoms with Crippen LogP contribution in [0.5, 0.6) is 0 Å². The summed E-state index contributed by atoms with van der Waals surface area (Å²) >= 11 is 0. The fourth-order valence-corrected chi connectivity index (χ4v) is 3.76. The van der Waals surface area contributed by atoms with Crippen LogP contribution in [0.1, 0.15) is 54.4 Å². The Labute approximate surface area is 188 Å². The molecular formula is C22H32N4O6. The smallest absolute Gasteiger partial charge is 0.412 e. The largest absolute Gasteiger partial charge is 0.444 e. The highest BCUT2D eigenvalue weighted by atomic mass is 16.6. The van der Waals surface area contributed by atoms with Gasteiger partial charge in [-0.3, -0.25) is 20.3 Å². The number of nitro groups is 1. The van der Waals surface area contributed by atoms with E-state index in [-0.39, 0.29) is 23.0 Å². The van der Waals surface area contributed by atoms with E-state index < -0.39 is 22.2 Å².